The van der Waals surface area contributed by atoms with Gasteiger partial charge in [0.1, 0.15) is 28.6 Å². The molecule has 3 aliphatic rings. The maximum atomic E-state index is 14.5. The molecule has 6 N–H and O–H groups in total. The molecule has 0 fully saturated rings. The van der Waals surface area contributed by atoms with E-state index in [0.29, 0.717) is 29.0 Å². The van der Waals surface area contributed by atoms with Crippen LogP contribution >= 0.6 is 0 Å². The molecule has 0 radical (unpaired) electrons. The molecule has 246 valence electrons. The average molecular weight is 634 g/mol. The Hall–Kier alpha value is -4.19. The minimum atomic E-state index is -2.70. The summed E-state index contributed by atoms with van der Waals surface area (Å²) in [5, 5.41) is 46.5. The number of hydrogen-bond acceptors (Lipinski definition) is 10. The monoisotopic (exact) mass is 633 g/mol. The number of aliphatic hydroxyl groups excluding tert-OH is 2. The van der Waals surface area contributed by atoms with E-state index in [1.807, 2.05) is 64.0 Å². The van der Waals surface area contributed by atoms with Gasteiger partial charge in [0, 0.05) is 29.2 Å². The molecule has 0 aliphatic heterocycles. The SMILES string of the molecule is COc1ccc(CN(C)C)cc1-c1cc(C(C)(C)C)c(O)c2c1C[C@H]1C[C@H]3[C@H](N(C)C)C(O)=C(C(N)=O)C(=O)[C@@]3(O)C(O)=C1C2=O. The summed E-state index contributed by atoms with van der Waals surface area (Å²) in [4.78, 5) is 44.0. The van der Waals surface area contributed by atoms with Gasteiger partial charge in [0.15, 0.2) is 11.4 Å². The number of amides is 1. The fraction of sp³-hybridized carbons (Fsp3) is 0.457. The standard InChI is InChI=1S/C35H43N3O8/c1-34(2,3)22-14-18(19-11-16(15-37(4)5)9-10-23(19)46-8)20-12-17-13-21-27(38(6)7)30(41)26(33(36)44)32(43)35(21,45)31(42)24(17)29(40)25(20)28(22)39/h9-11,14,17,21,27,39,41-42,45H,12-13,15H2,1-8H3,(H2,36,44)/t17-,21-,27-,35-/m0/s1. The molecule has 46 heavy (non-hydrogen) atoms. The number of carbonyl (C=O) groups is 3. The van der Waals surface area contributed by atoms with E-state index in [9.17, 15) is 34.8 Å². The summed E-state index contributed by atoms with van der Waals surface area (Å²) in [6.45, 7) is 6.37. The Morgan fingerprint density at radius 2 is 1.72 bits per heavy atom. The number of ether oxygens (including phenoxy) is 1. The largest absolute Gasteiger partial charge is 0.510 e. The van der Waals surface area contributed by atoms with E-state index >= 15 is 0 Å². The number of allylic oxidation sites excluding steroid dienone is 1. The van der Waals surface area contributed by atoms with Gasteiger partial charge in [-0.25, -0.2) is 0 Å². The van der Waals surface area contributed by atoms with Crippen LogP contribution in [0.25, 0.3) is 11.1 Å². The molecule has 0 saturated carbocycles. The quantitative estimate of drug-likeness (QED) is 0.297. The minimum absolute atomic E-state index is 0.00475. The van der Waals surface area contributed by atoms with Crippen LogP contribution in [0.5, 0.6) is 11.5 Å². The first kappa shape index (κ1) is 33.2. The number of carbonyl (C=O) groups excluding carboxylic acids is 3. The highest BCUT2D eigenvalue weighted by Gasteiger charge is 2.63. The fourth-order valence-electron chi connectivity index (χ4n) is 7.56. The number of aromatic hydroxyl groups is 1. The third kappa shape index (κ3) is 4.88. The van der Waals surface area contributed by atoms with Crippen molar-refractivity contribution in [2.24, 2.45) is 17.6 Å². The van der Waals surface area contributed by atoms with E-state index in [1.54, 1.807) is 21.2 Å². The second-order valence-electron chi connectivity index (χ2n) is 14.2. The third-order valence-electron chi connectivity index (χ3n) is 9.58. The molecule has 3 aliphatic carbocycles. The Balaban J connectivity index is 1.81. The summed E-state index contributed by atoms with van der Waals surface area (Å²) in [6.07, 6.45) is 0.174. The maximum absolute atomic E-state index is 14.5. The second kappa shape index (κ2) is 11.3. The van der Waals surface area contributed by atoms with Crippen molar-refractivity contribution in [3.63, 3.8) is 0 Å². The summed E-state index contributed by atoms with van der Waals surface area (Å²) in [7, 11) is 8.69. The summed E-state index contributed by atoms with van der Waals surface area (Å²) >= 11 is 0. The molecule has 0 bridgehead atoms. The molecule has 11 nitrogen and oxygen atoms in total. The molecule has 11 heteroatoms. The van der Waals surface area contributed by atoms with Gasteiger partial charge in [-0.3, -0.25) is 19.3 Å². The van der Waals surface area contributed by atoms with E-state index in [-0.39, 0.29) is 29.7 Å². The summed E-state index contributed by atoms with van der Waals surface area (Å²) < 4.78 is 5.78. The Morgan fingerprint density at radius 1 is 1.07 bits per heavy atom. The smallest absolute Gasteiger partial charge is 0.255 e. The number of nitrogens with zero attached hydrogens (tertiary/aromatic N) is 2. The lowest BCUT2D eigenvalue weighted by Gasteiger charge is -2.50. The summed E-state index contributed by atoms with van der Waals surface area (Å²) in [6, 6.07) is 6.65. The lowest BCUT2D eigenvalue weighted by atomic mass is 9.58. The zero-order chi connectivity index (χ0) is 34.2. The molecule has 5 rings (SSSR count). The van der Waals surface area contributed by atoms with Gasteiger partial charge < -0.3 is 35.8 Å². The van der Waals surface area contributed by atoms with Gasteiger partial charge in [-0.15, -0.1) is 0 Å². The van der Waals surface area contributed by atoms with Crippen LogP contribution in [-0.4, -0.2) is 94.6 Å². The number of phenols is 1. The number of primary amides is 1. The van der Waals surface area contributed by atoms with Gasteiger partial charge in [0.2, 0.25) is 5.78 Å². The van der Waals surface area contributed by atoms with Gasteiger partial charge in [0.05, 0.1) is 18.7 Å². The van der Waals surface area contributed by atoms with Crippen molar-refractivity contribution in [1.29, 1.82) is 0 Å². The van der Waals surface area contributed by atoms with Gasteiger partial charge in [0.25, 0.3) is 5.91 Å². The zero-order valence-corrected chi connectivity index (χ0v) is 27.6. The molecular weight excluding hydrogens is 590 g/mol. The number of methoxy groups -OCH3 is 1. The Kier molecular flexibility index (Phi) is 8.12. The van der Waals surface area contributed by atoms with Crippen molar-refractivity contribution in [1.82, 2.24) is 9.80 Å². The van der Waals surface area contributed by atoms with E-state index < -0.39 is 63.5 Å². The van der Waals surface area contributed by atoms with Gasteiger partial charge in [-0.2, -0.15) is 0 Å². The number of rotatable bonds is 6. The summed E-state index contributed by atoms with van der Waals surface area (Å²) in [5.74, 6) is -6.22. The number of likely N-dealkylation sites (N-methyl/N-ethyl adjacent to an activating group) is 1. The van der Waals surface area contributed by atoms with E-state index in [1.165, 1.54) is 4.90 Å². The van der Waals surface area contributed by atoms with Crippen molar-refractivity contribution in [2.75, 3.05) is 35.3 Å². The van der Waals surface area contributed by atoms with Gasteiger partial charge in [-0.1, -0.05) is 26.8 Å². The molecule has 0 heterocycles. The first-order valence-electron chi connectivity index (χ1n) is 15.2. The van der Waals surface area contributed by atoms with Crippen molar-refractivity contribution < 1.29 is 39.5 Å². The highest BCUT2D eigenvalue weighted by molar-refractivity contribution is 6.25. The van der Waals surface area contributed by atoms with E-state index in [2.05, 4.69) is 0 Å². The molecule has 1 amide bonds. The molecular formula is C35H43N3O8. The molecule has 4 atom stereocenters. The van der Waals surface area contributed by atoms with Crippen molar-refractivity contribution in [2.45, 2.75) is 57.2 Å². The number of nitrogens with two attached hydrogens (primary N) is 1. The molecule has 2 aromatic carbocycles. The number of aliphatic hydroxyl groups is 3. The number of phenolic OH excluding ortho intramolecular Hbond substituents is 1. The van der Waals surface area contributed by atoms with Crippen LogP contribution in [0.1, 0.15) is 54.2 Å². The Labute approximate surface area is 268 Å². The van der Waals surface area contributed by atoms with Crippen LogP contribution in [0, 0.1) is 11.8 Å². The second-order valence-corrected chi connectivity index (χ2v) is 14.2. The van der Waals surface area contributed by atoms with Crippen LogP contribution in [-0.2, 0) is 28.0 Å². The number of fused-ring (bicyclic) bond motifs is 3. The molecule has 0 spiro atoms. The molecule has 0 aromatic heterocycles. The lowest BCUT2D eigenvalue weighted by Crippen LogP contribution is -2.63. The summed E-state index contributed by atoms with van der Waals surface area (Å²) in [5.41, 5.74) is 4.54. The topological polar surface area (TPSA) is 174 Å². The highest BCUT2D eigenvalue weighted by atomic mass is 16.5. The molecule has 0 unspecified atom stereocenters. The minimum Gasteiger partial charge on any atom is -0.510 e. The number of Topliss-reactive ketones (excluding diaryl/α,β-unsaturated/α-hetero) is 2. The van der Waals surface area contributed by atoms with Crippen LogP contribution in [0.4, 0.5) is 0 Å². The molecule has 0 saturated heterocycles. The number of benzene rings is 2. The first-order valence-corrected chi connectivity index (χ1v) is 15.2. The van der Waals surface area contributed by atoms with Crippen LogP contribution < -0.4 is 10.5 Å². The van der Waals surface area contributed by atoms with E-state index in [0.717, 1.165) is 11.1 Å². The number of ketones is 2. The van der Waals surface area contributed by atoms with Crippen molar-refractivity contribution >= 4 is 17.5 Å². The number of hydrogen-bond donors (Lipinski definition) is 5. The van der Waals surface area contributed by atoms with Gasteiger partial charge in [-0.05, 0) is 87.3 Å². The predicted octanol–water partition coefficient (Wildman–Crippen LogP) is 3.16. The average Bonchev–Trinajstić information content (AvgIpc) is 2.93. The predicted molar refractivity (Wildman–Crippen MR) is 172 cm³/mol. The van der Waals surface area contributed by atoms with Crippen LogP contribution in [0.15, 0.2) is 46.9 Å². The lowest BCUT2D eigenvalue weighted by molar-refractivity contribution is -0.148. The normalized spacial score (nSPS) is 24.7. The van der Waals surface area contributed by atoms with E-state index in [4.69, 9.17) is 10.5 Å². The Morgan fingerprint density at radius 3 is 2.26 bits per heavy atom. The van der Waals surface area contributed by atoms with Gasteiger partial charge >= 0.3 is 0 Å². The van der Waals surface area contributed by atoms with Crippen LogP contribution in [0.3, 0.4) is 0 Å². The van der Waals surface area contributed by atoms with Crippen LogP contribution in [0.2, 0.25) is 0 Å². The fourth-order valence-corrected chi connectivity index (χ4v) is 7.56. The zero-order valence-electron chi connectivity index (χ0n) is 27.6. The molecule has 2 aromatic rings. The van der Waals surface area contributed by atoms with Crippen molar-refractivity contribution in [3.8, 4) is 22.6 Å². The maximum Gasteiger partial charge on any atom is 0.255 e. The first-order chi connectivity index (χ1) is 21.4. The Bertz CT molecular complexity index is 1730. The van der Waals surface area contributed by atoms with Crippen molar-refractivity contribution in [3.05, 3.63) is 69.2 Å². The third-order valence-corrected chi connectivity index (χ3v) is 9.58. The highest BCUT2D eigenvalue weighted by Crippen LogP contribution is 2.54.